The second-order valence-corrected chi connectivity index (χ2v) is 7.46. The Balaban J connectivity index is 1.37. The molecule has 0 aliphatic carbocycles. The summed E-state index contributed by atoms with van der Waals surface area (Å²) in [6.07, 6.45) is 0.0807. The minimum Gasteiger partial charge on any atom is -0.455 e. The molecule has 0 saturated heterocycles. The molecule has 0 aliphatic rings. The van der Waals surface area contributed by atoms with Crippen molar-refractivity contribution in [1.29, 1.82) is 0 Å². The van der Waals surface area contributed by atoms with Crippen molar-refractivity contribution >= 4 is 34.0 Å². The second-order valence-electron chi connectivity index (χ2n) is 6.60. The van der Waals surface area contributed by atoms with Crippen LogP contribution in [0.2, 0.25) is 0 Å². The molecule has 0 fully saturated rings. The number of amides is 2. The van der Waals surface area contributed by atoms with Crippen molar-refractivity contribution < 1.29 is 14.3 Å². The van der Waals surface area contributed by atoms with Crippen molar-refractivity contribution in [1.82, 2.24) is 4.98 Å². The third-order valence-corrected chi connectivity index (χ3v) is 5.09. The van der Waals surface area contributed by atoms with E-state index in [0.29, 0.717) is 33.6 Å². The molecule has 3 aromatic carbocycles. The SMILES string of the molecule is O=C(Cc1csc(NC(=O)c2ccccc2)n1)Nc1ccccc1Oc1ccccc1. The molecule has 0 atom stereocenters. The molecule has 0 saturated carbocycles. The van der Waals surface area contributed by atoms with Gasteiger partial charge in [-0.15, -0.1) is 11.3 Å². The lowest BCUT2D eigenvalue weighted by molar-refractivity contribution is -0.115. The van der Waals surface area contributed by atoms with E-state index in [1.54, 1.807) is 41.8 Å². The van der Waals surface area contributed by atoms with E-state index in [2.05, 4.69) is 15.6 Å². The van der Waals surface area contributed by atoms with Crippen LogP contribution < -0.4 is 15.4 Å². The number of nitrogens with zero attached hydrogens (tertiary/aromatic N) is 1. The third kappa shape index (κ3) is 5.55. The number of rotatable bonds is 7. The number of nitrogens with one attached hydrogen (secondary N) is 2. The van der Waals surface area contributed by atoms with E-state index >= 15 is 0 Å². The predicted octanol–water partition coefficient (Wildman–Crippen LogP) is 5.37. The van der Waals surface area contributed by atoms with Gasteiger partial charge in [-0.1, -0.05) is 48.5 Å². The highest BCUT2D eigenvalue weighted by Crippen LogP contribution is 2.29. The summed E-state index contributed by atoms with van der Waals surface area (Å²) in [5, 5.41) is 7.83. The standard InChI is InChI=1S/C24H19N3O3S/c28-22(26-20-13-7-8-14-21(20)30-19-11-5-2-6-12-19)15-18-16-31-24(25-18)27-23(29)17-9-3-1-4-10-17/h1-14,16H,15H2,(H,26,28)(H,25,27,29). The molecule has 2 amide bonds. The van der Waals surface area contributed by atoms with Gasteiger partial charge in [-0.25, -0.2) is 4.98 Å². The van der Waals surface area contributed by atoms with Crippen molar-refractivity contribution in [3.63, 3.8) is 0 Å². The summed E-state index contributed by atoms with van der Waals surface area (Å²) in [5.74, 6) is 0.770. The first kappa shape index (κ1) is 20.3. The largest absolute Gasteiger partial charge is 0.455 e. The van der Waals surface area contributed by atoms with E-state index < -0.39 is 0 Å². The normalized spacial score (nSPS) is 10.3. The van der Waals surface area contributed by atoms with Gasteiger partial charge in [0, 0.05) is 10.9 Å². The molecule has 0 radical (unpaired) electrons. The van der Waals surface area contributed by atoms with Crippen LogP contribution >= 0.6 is 11.3 Å². The molecule has 4 aromatic rings. The summed E-state index contributed by atoms with van der Waals surface area (Å²) in [6.45, 7) is 0. The van der Waals surface area contributed by atoms with Gasteiger partial charge >= 0.3 is 0 Å². The Labute approximate surface area is 183 Å². The van der Waals surface area contributed by atoms with Crippen LogP contribution in [0.15, 0.2) is 90.3 Å². The van der Waals surface area contributed by atoms with Crippen LogP contribution in [0.5, 0.6) is 11.5 Å². The van der Waals surface area contributed by atoms with Gasteiger partial charge in [0.1, 0.15) is 5.75 Å². The smallest absolute Gasteiger partial charge is 0.257 e. The van der Waals surface area contributed by atoms with Gasteiger partial charge < -0.3 is 10.1 Å². The van der Waals surface area contributed by atoms with Gasteiger partial charge in [-0.05, 0) is 36.4 Å². The number of benzene rings is 3. The molecule has 4 rings (SSSR count). The Bertz CT molecular complexity index is 1180. The molecule has 0 unspecified atom stereocenters. The summed E-state index contributed by atoms with van der Waals surface area (Å²) in [5.41, 5.74) is 1.70. The van der Waals surface area contributed by atoms with Crippen molar-refractivity contribution in [3.05, 3.63) is 102 Å². The van der Waals surface area contributed by atoms with Crippen molar-refractivity contribution in [3.8, 4) is 11.5 Å². The minimum absolute atomic E-state index is 0.0807. The quantitative estimate of drug-likeness (QED) is 0.414. The predicted molar refractivity (Wildman–Crippen MR) is 122 cm³/mol. The van der Waals surface area contributed by atoms with Gasteiger partial charge in [0.25, 0.3) is 5.91 Å². The average Bonchev–Trinajstić information content (AvgIpc) is 3.23. The Morgan fingerprint density at radius 3 is 2.29 bits per heavy atom. The van der Waals surface area contributed by atoms with Gasteiger partial charge in [0.05, 0.1) is 17.8 Å². The molecule has 31 heavy (non-hydrogen) atoms. The Kier molecular flexibility index (Phi) is 6.35. The summed E-state index contributed by atoms with van der Waals surface area (Å²) >= 11 is 1.28. The molecule has 0 aliphatic heterocycles. The van der Waals surface area contributed by atoms with E-state index in [-0.39, 0.29) is 18.2 Å². The monoisotopic (exact) mass is 429 g/mol. The Hall–Kier alpha value is -3.97. The molecular formula is C24H19N3O3S. The summed E-state index contributed by atoms with van der Waals surface area (Å²) in [7, 11) is 0. The van der Waals surface area contributed by atoms with Gasteiger partial charge in [0.15, 0.2) is 10.9 Å². The van der Waals surface area contributed by atoms with Crippen LogP contribution in [0.4, 0.5) is 10.8 Å². The fourth-order valence-corrected chi connectivity index (χ4v) is 3.54. The van der Waals surface area contributed by atoms with Gasteiger partial charge in [-0.3, -0.25) is 14.9 Å². The maximum absolute atomic E-state index is 12.6. The number of para-hydroxylation sites is 3. The average molecular weight is 430 g/mol. The van der Waals surface area contributed by atoms with Crippen molar-refractivity contribution in [2.45, 2.75) is 6.42 Å². The van der Waals surface area contributed by atoms with Crippen LogP contribution in [0.3, 0.4) is 0 Å². The fraction of sp³-hybridized carbons (Fsp3) is 0.0417. The van der Waals surface area contributed by atoms with Gasteiger partial charge in [0.2, 0.25) is 5.91 Å². The molecule has 1 aromatic heterocycles. The fourth-order valence-electron chi connectivity index (χ4n) is 2.84. The lowest BCUT2D eigenvalue weighted by Crippen LogP contribution is -2.15. The van der Waals surface area contributed by atoms with Crippen molar-refractivity contribution in [2.75, 3.05) is 10.6 Å². The summed E-state index contributed by atoms with van der Waals surface area (Å²) < 4.78 is 5.87. The topological polar surface area (TPSA) is 80.3 Å². The summed E-state index contributed by atoms with van der Waals surface area (Å²) in [4.78, 5) is 29.1. The highest BCUT2D eigenvalue weighted by molar-refractivity contribution is 7.14. The van der Waals surface area contributed by atoms with Crippen LogP contribution in [0.1, 0.15) is 16.1 Å². The molecular weight excluding hydrogens is 410 g/mol. The number of hydrogen-bond acceptors (Lipinski definition) is 5. The van der Waals surface area contributed by atoms with E-state index in [1.807, 2.05) is 48.5 Å². The Morgan fingerprint density at radius 2 is 1.52 bits per heavy atom. The Morgan fingerprint density at radius 1 is 0.839 bits per heavy atom. The first-order chi connectivity index (χ1) is 15.2. The molecule has 6 nitrogen and oxygen atoms in total. The molecule has 7 heteroatoms. The van der Waals surface area contributed by atoms with E-state index in [4.69, 9.17) is 4.74 Å². The van der Waals surface area contributed by atoms with Crippen molar-refractivity contribution in [2.24, 2.45) is 0 Å². The lowest BCUT2D eigenvalue weighted by atomic mass is 10.2. The zero-order chi connectivity index (χ0) is 21.5. The lowest BCUT2D eigenvalue weighted by Gasteiger charge is -2.11. The van der Waals surface area contributed by atoms with Crippen LogP contribution in [0.25, 0.3) is 0 Å². The minimum atomic E-state index is -0.238. The third-order valence-electron chi connectivity index (χ3n) is 4.28. The number of aromatic nitrogens is 1. The number of anilines is 2. The number of hydrogen-bond donors (Lipinski definition) is 2. The second kappa shape index (κ2) is 9.69. The molecule has 2 N–H and O–H groups in total. The molecule has 154 valence electrons. The highest BCUT2D eigenvalue weighted by atomic mass is 32.1. The first-order valence-electron chi connectivity index (χ1n) is 9.60. The number of carbonyl (C=O) groups is 2. The molecule has 1 heterocycles. The highest BCUT2D eigenvalue weighted by Gasteiger charge is 2.13. The van der Waals surface area contributed by atoms with Gasteiger partial charge in [-0.2, -0.15) is 0 Å². The zero-order valence-electron chi connectivity index (χ0n) is 16.4. The first-order valence-corrected chi connectivity index (χ1v) is 10.5. The summed E-state index contributed by atoms with van der Waals surface area (Å²) in [6, 6.07) is 25.5. The number of thiazole rings is 1. The van der Waals surface area contributed by atoms with E-state index in [0.717, 1.165) is 0 Å². The van der Waals surface area contributed by atoms with E-state index in [1.165, 1.54) is 11.3 Å². The van der Waals surface area contributed by atoms with E-state index in [9.17, 15) is 9.59 Å². The number of carbonyl (C=O) groups excluding carboxylic acids is 2. The maximum atomic E-state index is 12.6. The van der Waals surface area contributed by atoms with Crippen LogP contribution in [-0.2, 0) is 11.2 Å². The molecule has 0 bridgehead atoms. The van der Waals surface area contributed by atoms with Crippen LogP contribution in [0, 0.1) is 0 Å². The molecule has 0 spiro atoms. The maximum Gasteiger partial charge on any atom is 0.257 e. The zero-order valence-corrected chi connectivity index (χ0v) is 17.3. The van der Waals surface area contributed by atoms with Crippen LogP contribution in [-0.4, -0.2) is 16.8 Å². The number of ether oxygens (including phenoxy) is 1.